The molecule has 0 saturated heterocycles. The van der Waals surface area contributed by atoms with E-state index in [4.69, 9.17) is 44.3 Å². The minimum absolute atomic E-state index is 0.0128. The van der Waals surface area contributed by atoms with Crippen molar-refractivity contribution in [2.45, 2.75) is 13.3 Å². The van der Waals surface area contributed by atoms with Gasteiger partial charge in [-0.15, -0.1) is 4.98 Å². The van der Waals surface area contributed by atoms with Crippen LogP contribution < -0.4 is 9.47 Å². The zero-order chi connectivity index (χ0) is 14.5. The van der Waals surface area contributed by atoms with E-state index in [-0.39, 0.29) is 17.3 Å². The van der Waals surface area contributed by atoms with Gasteiger partial charge in [0.25, 0.3) is 0 Å². The highest BCUT2D eigenvalue weighted by Gasteiger charge is 2.09. The molecular weight excluding hydrogens is 325 g/mol. The molecule has 0 aliphatic carbocycles. The van der Waals surface area contributed by atoms with E-state index in [0.29, 0.717) is 22.4 Å². The molecule has 106 valence electrons. The van der Waals surface area contributed by atoms with Gasteiger partial charge >= 0.3 is 12.0 Å². The van der Waals surface area contributed by atoms with Crippen molar-refractivity contribution in [3.05, 3.63) is 33.5 Å². The van der Waals surface area contributed by atoms with Crippen LogP contribution in [0.5, 0.6) is 17.8 Å². The Bertz CT molecular complexity index is 610. The molecule has 0 aliphatic heterocycles. The molecule has 0 radical (unpaired) electrons. The van der Waals surface area contributed by atoms with Crippen molar-refractivity contribution in [3.63, 3.8) is 0 Å². The molecule has 0 aliphatic rings. The van der Waals surface area contributed by atoms with Crippen LogP contribution in [0.2, 0.25) is 15.3 Å². The fourth-order valence-electron chi connectivity index (χ4n) is 1.26. The summed E-state index contributed by atoms with van der Waals surface area (Å²) in [5.74, 6) is 0.433. The molecule has 1 heterocycles. The summed E-state index contributed by atoms with van der Waals surface area (Å²) in [5, 5.41) is 0.785. The van der Waals surface area contributed by atoms with Gasteiger partial charge < -0.3 is 9.47 Å². The third-order valence-electron chi connectivity index (χ3n) is 2.10. The molecule has 1 aromatic heterocycles. The molecule has 0 amide bonds. The molecule has 8 heteroatoms. The molecule has 0 atom stereocenters. The van der Waals surface area contributed by atoms with Gasteiger partial charge in [-0.25, -0.2) is 0 Å². The number of ether oxygens (including phenoxy) is 2. The fourth-order valence-corrected chi connectivity index (χ4v) is 1.70. The Hall–Kier alpha value is -1.30. The lowest BCUT2D eigenvalue weighted by molar-refractivity contribution is 0.284. The summed E-state index contributed by atoms with van der Waals surface area (Å²) in [6.07, 6.45) is 0.826. The average molecular weight is 335 g/mol. The normalized spacial score (nSPS) is 10.4. The first-order valence-corrected chi connectivity index (χ1v) is 6.89. The van der Waals surface area contributed by atoms with Crippen LogP contribution in [0.3, 0.4) is 0 Å². The molecule has 0 fully saturated rings. The highest BCUT2D eigenvalue weighted by molar-refractivity contribution is 6.42. The molecule has 0 N–H and O–H groups in total. The van der Waals surface area contributed by atoms with Crippen molar-refractivity contribution < 1.29 is 9.47 Å². The third-order valence-corrected chi connectivity index (χ3v) is 3.01. The van der Waals surface area contributed by atoms with Gasteiger partial charge in [0.1, 0.15) is 5.75 Å². The Morgan fingerprint density at radius 3 is 2.45 bits per heavy atom. The van der Waals surface area contributed by atoms with Gasteiger partial charge in [-0.05, 0) is 30.2 Å². The first-order chi connectivity index (χ1) is 9.58. The van der Waals surface area contributed by atoms with Gasteiger partial charge in [0, 0.05) is 6.07 Å². The van der Waals surface area contributed by atoms with Crippen molar-refractivity contribution in [1.29, 1.82) is 0 Å². The Labute approximate surface area is 130 Å². The number of halogens is 3. The molecule has 0 unspecified atom stereocenters. The Kier molecular flexibility index (Phi) is 5.23. The first-order valence-electron chi connectivity index (χ1n) is 5.75. The molecule has 5 nitrogen and oxygen atoms in total. The number of hydrogen-bond acceptors (Lipinski definition) is 5. The van der Waals surface area contributed by atoms with E-state index >= 15 is 0 Å². The highest BCUT2D eigenvalue weighted by Crippen LogP contribution is 2.28. The van der Waals surface area contributed by atoms with E-state index in [1.165, 1.54) is 0 Å². The van der Waals surface area contributed by atoms with Crippen LogP contribution in [0.15, 0.2) is 18.2 Å². The van der Waals surface area contributed by atoms with E-state index in [1.807, 2.05) is 6.92 Å². The molecular formula is C12H10Cl3N3O2. The average Bonchev–Trinajstić information content (AvgIpc) is 2.40. The van der Waals surface area contributed by atoms with Crippen molar-refractivity contribution in [1.82, 2.24) is 15.0 Å². The van der Waals surface area contributed by atoms with Gasteiger partial charge in [0.2, 0.25) is 5.28 Å². The van der Waals surface area contributed by atoms with Crippen LogP contribution in [-0.4, -0.2) is 21.6 Å². The molecule has 20 heavy (non-hydrogen) atoms. The Morgan fingerprint density at radius 2 is 1.75 bits per heavy atom. The lowest BCUT2D eigenvalue weighted by Gasteiger charge is -2.07. The second kappa shape index (κ2) is 6.92. The lowest BCUT2D eigenvalue weighted by Crippen LogP contribution is -2.03. The van der Waals surface area contributed by atoms with Crippen LogP contribution in [0, 0.1) is 0 Å². The quantitative estimate of drug-likeness (QED) is 0.810. The van der Waals surface area contributed by atoms with E-state index in [1.54, 1.807) is 18.2 Å². The summed E-state index contributed by atoms with van der Waals surface area (Å²) in [4.78, 5) is 11.7. The smallest absolute Gasteiger partial charge is 0.329 e. The van der Waals surface area contributed by atoms with Crippen LogP contribution in [0.25, 0.3) is 0 Å². The summed E-state index contributed by atoms with van der Waals surface area (Å²) >= 11 is 17.5. The molecule has 2 rings (SSSR count). The zero-order valence-corrected chi connectivity index (χ0v) is 12.7. The minimum atomic E-state index is -0.0128. The topological polar surface area (TPSA) is 57.1 Å². The SMILES string of the molecule is CCCOc1nc(Cl)nc(Oc2ccc(Cl)c(Cl)c2)n1. The van der Waals surface area contributed by atoms with Crippen molar-refractivity contribution in [3.8, 4) is 17.8 Å². The van der Waals surface area contributed by atoms with E-state index < -0.39 is 0 Å². The van der Waals surface area contributed by atoms with Gasteiger partial charge in [0.15, 0.2) is 0 Å². The van der Waals surface area contributed by atoms with Crippen LogP contribution in [0.1, 0.15) is 13.3 Å². The second-order valence-corrected chi connectivity index (χ2v) is 4.85. The standard InChI is InChI=1S/C12H10Cl3N3O2/c1-2-5-19-11-16-10(15)17-12(18-11)20-7-3-4-8(13)9(14)6-7/h3-4,6H,2,5H2,1H3. The summed E-state index contributed by atoms with van der Waals surface area (Å²) in [5.41, 5.74) is 0. The summed E-state index contributed by atoms with van der Waals surface area (Å²) < 4.78 is 10.7. The molecule has 1 aromatic carbocycles. The number of nitrogens with zero attached hydrogens (tertiary/aromatic N) is 3. The molecule has 2 aromatic rings. The van der Waals surface area contributed by atoms with Crippen molar-refractivity contribution in [2.24, 2.45) is 0 Å². The maximum Gasteiger partial charge on any atom is 0.329 e. The second-order valence-electron chi connectivity index (χ2n) is 3.70. The maximum atomic E-state index is 5.90. The predicted molar refractivity (Wildman–Crippen MR) is 77.2 cm³/mol. The zero-order valence-electron chi connectivity index (χ0n) is 10.4. The summed E-state index contributed by atoms with van der Waals surface area (Å²) in [6, 6.07) is 4.93. The van der Waals surface area contributed by atoms with Gasteiger partial charge in [-0.1, -0.05) is 30.1 Å². The summed E-state index contributed by atoms with van der Waals surface area (Å²) in [6.45, 7) is 2.45. The van der Waals surface area contributed by atoms with E-state index in [0.717, 1.165) is 6.42 Å². The molecule has 0 saturated carbocycles. The number of hydrogen-bond donors (Lipinski definition) is 0. The lowest BCUT2D eigenvalue weighted by atomic mass is 10.3. The third kappa shape index (κ3) is 4.10. The van der Waals surface area contributed by atoms with E-state index in [9.17, 15) is 0 Å². The number of benzene rings is 1. The Morgan fingerprint density at radius 1 is 1.00 bits per heavy atom. The molecule has 0 bridgehead atoms. The predicted octanol–water partition coefficient (Wildman–Crippen LogP) is 4.41. The van der Waals surface area contributed by atoms with Gasteiger partial charge in [-0.2, -0.15) is 9.97 Å². The number of rotatable bonds is 5. The van der Waals surface area contributed by atoms with Crippen molar-refractivity contribution >= 4 is 34.8 Å². The maximum absolute atomic E-state index is 5.90. The number of aromatic nitrogens is 3. The fraction of sp³-hybridized carbons (Fsp3) is 0.250. The summed E-state index contributed by atoms with van der Waals surface area (Å²) in [7, 11) is 0. The molecule has 0 spiro atoms. The monoisotopic (exact) mass is 333 g/mol. The van der Waals surface area contributed by atoms with Gasteiger partial charge in [0.05, 0.1) is 16.7 Å². The first kappa shape index (κ1) is 15.1. The van der Waals surface area contributed by atoms with Crippen molar-refractivity contribution in [2.75, 3.05) is 6.61 Å². The minimum Gasteiger partial charge on any atom is -0.463 e. The van der Waals surface area contributed by atoms with Crippen LogP contribution >= 0.6 is 34.8 Å². The van der Waals surface area contributed by atoms with Gasteiger partial charge in [-0.3, -0.25) is 0 Å². The highest BCUT2D eigenvalue weighted by atomic mass is 35.5. The van der Waals surface area contributed by atoms with E-state index in [2.05, 4.69) is 15.0 Å². The largest absolute Gasteiger partial charge is 0.463 e. The van der Waals surface area contributed by atoms with Crippen LogP contribution in [0.4, 0.5) is 0 Å². The van der Waals surface area contributed by atoms with Crippen LogP contribution in [-0.2, 0) is 0 Å². The Balaban J connectivity index is 2.19.